The molecule has 1 aliphatic carbocycles. The summed E-state index contributed by atoms with van der Waals surface area (Å²) >= 11 is 5.81. The number of hydrogen-bond donors (Lipinski definition) is 0. The topological polar surface area (TPSA) is 9.23 Å². The van der Waals surface area contributed by atoms with Gasteiger partial charge in [-0.1, -0.05) is 43.5 Å². The van der Waals surface area contributed by atoms with E-state index < -0.39 is 0 Å². The van der Waals surface area contributed by atoms with Crippen LogP contribution in [0.25, 0.3) is 0 Å². The Morgan fingerprint density at radius 2 is 1.89 bits per heavy atom. The molecule has 2 rings (SSSR count). The molecule has 1 saturated carbocycles. The molecule has 0 aliphatic heterocycles. The van der Waals surface area contributed by atoms with Crippen LogP contribution in [0.1, 0.15) is 56.1 Å². The molecule has 1 aliphatic rings. The van der Waals surface area contributed by atoms with Crippen molar-refractivity contribution in [2.24, 2.45) is 0 Å². The maximum absolute atomic E-state index is 5.81. The van der Waals surface area contributed by atoms with Crippen LogP contribution < -0.4 is 0 Å². The van der Waals surface area contributed by atoms with Gasteiger partial charge in [-0.3, -0.25) is 0 Å². The van der Waals surface area contributed by atoms with E-state index in [1.54, 1.807) is 6.08 Å². The van der Waals surface area contributed by atoms with Gasteiger partial charge < -0.3 is 4.74 Å². The minimum absolute atomic E-state index is 0.464. The number of hydrogen-bond acceptors (Lipinski definition) is 1. The summed E-state index contributed by atoms with van der Waals surface area (Å²) in [5.74, 6) is 0.771. The van der Waals surface area contributed by atoms with Crippen molar-refractivity contribution in [2.75, 3.05) is 0 Å². The summed E-state index contributed by atoms with van der Waals surface area (Å²) < 4.78 is 5.39. The number of rotatable bonds is 4. The zero-order chi connectivity index (χ0) is 12.8. The molecule has 98 valence electrons. The van der Waals surface area contributed by atoms with Crippen LogP contribution >= 0.6 is 11.6 Å². The van der Waals surface area contributed by atoms with E-state index >= 15 is 0 Å². The van der Waals surface area contributed by atoms with Gasteiger partial charge in [0.05, 0.1) is 0 Å². The quantitative estimate of drug-likeness (QED) is 0.666. The molecule has 0 aromatic heterocycles. The third-order valence-electron chi connectivity index (χ3n) is 3.66. The molecule has 0 bridgehead atoms. The predicted molar refractivity (Wildman–Crippen MR) is 76.7 cm³/mol. The standard InChI is InChI=1S/C16H21ClO/c1-2-16(17)18-12-13-8-10-15(11-9-13)14-6-4-3-5-7-14/h2,8-11,14H,3-7,12H2,1H3. The molecular formula is C16H21ClO. The number of halogens is 1. The van der Waals surface area contributed by atoms with Crippen molar-refractivity contribution in [3.8, 4) is 0 Å². The highest BCUT2D eigenvalue weighted by atomic mass is 35.5. The lowest BCUT2D eigenvalue weighted by molar-refractivity contribution is 0.222. The second-order valence-corrected chi connectivity index (χ2v) is 5.33. The predicted octanol–water partition coefficient (Wildman–Crippen LogP) is 5.35. The largest absolute Gasteiger partial charge is 0.478 e. The van der Waals surface area contributed by atoms with Gasteiger partial charge in [-0.25, -0.2) is 0 Å². The summed E-state index contributed by atoms with van der Waals surface area (Å²) in [7, 11) is 0. The van der Waals surface area contributed by atoms with Crippen molar-refractivity contribution in [1.82, 2.24) is 0 Å². The highest BCUT2D eigenvalue weighted by molar-refractivity contribution is 6.28. The molecule has 1 nitrogen and oxygen atoms in total. The minimum atomic E-state index is 0.464. The second kappa shape index (κ2) is 6.84. The van der Waals surface area contributed by atoms with E-state index in [4.69, 9.17) is 16.3 Å². The van der Waals surface area contributed by atoms with Crippen molar-refractivity contribution in [3.05, 3.63) is 46.7 Å². The van der Waals surface area contributed by atoms with Gasteiger partial charge in [-0.15, -0.1) is 0 Å². The molecule has 1 aromatic rings. The van der Waals surface area contributed by atoms with Crippen LogP contribution in [0.5, 0.6) is 0 Å². The zero-order valence-corrected chi connectivity index (χ0v) is 11.7. The molecule has 2 heteroatoms. The van der Waals surface area contributed by atoms with E-state index in [2.05, 4.69) is 24.3 Å². The average molecular weight is 265 g/mol. The Kier molecular flexibility index (Phi) is 5.12. The molecule has 0 spiro atoms. The fourth-order valence-electron chi connectivity index (χ4n) is 2.56. The SMILES string of the molecule is CC=C(Cl)OCc1ccc(C2CCCCC2)cc1. The molecule has 0 unspecified atom stereocenters. The van der Waals surface area contributed by atoms with Crippen molar-refractivity contribution in [1.29, 1.82) is 0 Å². The molecule has 0 radical (unpaired) electrons. The Labute approximate surface area is 115 Å². The van der Waals surface area contributed by atoms with Crippen LogP contribution in [0.15, 0.2) is 35.6 Å². The molecule has 0 heterocycles. The number of allylic oxidation sites excluding steroid dienone is 1. The molecule has 0 N–H and O–H groups in total. The summed E-state index contributed by atoms with van der Waals surface area (Å²) in [5.41, 5.74) is 2.66. The first-order chi connectivity index (χ1) is 8.79. The Bertz CT molecular complexity index is 388. The van der Waals surface area contributed by atoms with Gasteiger partial charge in [0.1, 0.15) is 6.61 Å². The molecule has 0 atom stereocenters. The first-order valence-corrected chi connectivity index (χ1v) is 7.21. The van der Waals surface area contributed by atoms with E-state index in [0.29, 0.717) is 11.8 Å². The summed E-state index contributed by atoms with van der Waals surface area (Å²) in [6.45, 7) is 2.42. The zero-order valence-electron chi connectivity index (χ0n) is 11.0. The van der Waals surface area contributed by atoms with Crippen molar-refractivity contribution in [2.45, 2.75) is 51.6 Å². The molecule has 1 aromatic carbocycles. The van der Waals surface area contributed by atoms with E-state index in [0.717, 1.165) is 5.92 Å². The smallest absolute Gasteiger partial charge is 0.182 e. The van der Waals surface area contributed by atoms with Crippen molar-refractivity contribution >= 4 is 11.6 Å². The Hall–Kier alpha value is -0.950. The normalized spacial score (nSPS) is 17.8. The fraction of sp³-hybridized carbons (Fsp3) is 0.500. The lowest BCUT2D eigenvalue weighted by atomic mass is 9.84. The third-order valence-corrected chi connectivity index (χ3v) is 3.99. The van der Waals surface area contributed by atoms with Gasteiger partial charge in [-0.2, -0.15) is 0 Å². The fourth-order valence-corrected chi connectivity index (χ4v) is 2.61. The molecule has 0 amide bonds. The van der Waals surface area contributed by atoms with Crippen LogP contribution in [0, 0.1) is 0 Å². The lowest BCUT2D eigenvalue weighted by Gasteiger charge is -2.22. The van der Waals surface area contributed by atoms with Crippen molar-refractivity contribution in [3.63, 3.8) is 0 Å². The van der Waals surface area contributed by atoms with E-state index in [1.807, 2.05) is 6.92 Å². The lowest BCUT2D eigenvalue weighted by Crippen LogP contribution is -2.04. The second-order valence-electron chi connectivity index (χ2n) is 4.96. The highest BCUT2D eigenvalue weighted by Crippen LogP contribution is 2.32. The van der Waals surface area contributed by atoms with Crippen LogP contribution in [-0.4, -0.2) is 0 Å². The minimum Gasteiger partial charge on any atom is -0.478 e. The summed E-state index contributed by atoms with van der Waals surface area (Å²) in [4.78, 5) is 0. The Balaban J connectivity index is 1.92. The Morgan fingerprint density at radius 1 is 1.22 bits per heavy atom. The van der Waals surface area contributed by atoms with Gasteiger partial charge in [0.2, 0.25) is 0 Å². The maximum Gasteiger partial charge on any atom is 0.182 e. The van der Waals surface area contributed by atoms with Gasteiger partial charge in [0.15, 0.2) is 5.22 Å². The van der Waals surface area contributed by atoms with E-state index in [9.17, 15) is 0 Å². The highest BCUT2D eigenvalue weighted by Gasteiger charge is 2.14. The number of benzene rings is 1. The van der Waals surface area contributed by atoms with Crippen LogP contribution in [-0.2, 0) is 11.3 Å². The van der Waals surface area contributed by atoms with Crippen LogP contribution in [0.4, 0.5) is 0 Å². The van der Waals surface area contributed by atoms with Gasteiger partial charge in [0.25, 0.3) is 0 Å². The van der Waals surface area contributed by atoms with Crippen molar-refractivity contribution < 1.29 is 4.74 Å². The first kappa shape index (κ1) is 13.5. The van der Waals surface area contributed by atoms with Crippen LogP contribution in [0.2, 0.25) is 0 Å². The maximum atomic E-state index is 5.81. The third kappa shape index (κ3) is 3.78. The van der Waals surface area contributed by atoms with Gasteiger partial charge in [0, 0.05) is 0 Å². The number of ether oxygens (including phenoxy) is 1. The van der Waals surface area contributed by atoms with Gasteiger partial charge in [-0.05, 0) is 54.5 Å². The Morgan fingerprint density at radius 3 is 2.50 bits per heavy atom. The van der Waals surface area contributed by atoms with Crippen LogP contribution in [0.3, 0.4) is 0 Å². The monoisotopic (exact) mass is 264 g/mol. The van der Waals surface area contributed by atoms with E-state index in [-0.39, 0.29) is 0 Å². The van der Waals surface area contributed by atoms with Gasteiger partial charge >= 0.3 is 0 Å². The molecular weight excluding hydrogens is 244 g/mol. The average Bonchev–Trinajstić information content (AvgIpc) is 2.46. The summed E-state index contributed by atoms with van der Waals surface area (Å²) in [6, 6.07) is 8.81. The summed E-state index contributed by atoms with van der Waals surface area (Å²) in [5, 5.41) is 0.464. The molecule has 0 saturated heterocycles. The first-order valence-electron chi connectivity index (χ1n) is 6.83. The summed E-state index contributed by atoms with van der Waals surface area (Å²) in [6.07, 6.45) is 8.63. The van der Waals surface area contributed by atoms with E-state index in [1.165, 1.54) is 43.2 Å². The molecule has 18 heavy (non-hydrogen) atoms. The molecule has 1 fully saturated rings.